The highest BCUT2D eigenvalue weighted by Crippen LogP contribution is 2.19. The molecule has 0 saturated carbocycles. The summed E-state index contributed by atoms with van der Waals surface area (Å²) in [7, 11) is 0. The van der Waals surface area contributed by atoms with Gasteiger partial charge in [0.1, 0.15) is 0 Å². The molecule has 0 radical (unpaired) electrons. The van der Waals surface area contributed by atoms with E-state index in [9.17, 15) is 4.79 Å². The summed E-state index contributed by atoms with van der Waals surface area (Å²) in [6, 6.07) is 9.65. The first-order valence-electron chi connectivity index (χ1n) is 3.69. The van der Waals surface area contributed by atoms with Crippen LogP contribution in [0.1, 0.15) is 6.42 Å². The van der Waals surface area contributed by atoms with Crippen molar-refractivity contribution in [2.45, 2.75) is 11.3 Å². The van der Waals surface area contributed by atoms with Gasteiger partial charge in [-0.2, -0.15) is 12.6 Å². The number of carbonyl (C=O) groups is 1. The molecule has 64 valence electrons. The van der Waals surface area contributed by atoms with Gasteiger partial charge in [-0.3, -0.25) is 4.79 Å². The Morgan fingerprint density at radius 3 is 2.58 bits per heavy atom. The van der Waals surface area contributed by atoms with Gasteiger partial charge in [-0.05, 0) is 17.9 Å². The summed E-state index contributed by atoms with van der Waals surface area (Å²) in [4.78, 5) is 12.1. The quantitative estimate of drug-likeness (QED) is 0.594. The normalized spacial score (nSPS) is 9.75. The number of benzene rings is 1. The molecule has 0 heterocycles. The molecule has 12 heavy (non-hydrogen) atoms. The third-order valence-electron chi connectivity index (χ3n) is 1.29. The van der Waals surface area contributed by atoms with Crippen LogP contribution in [-0.2, 0) is 4.79 Å². The number of thiol groups is 1. The molecule has 1 rings (SSSR count). The van der Waals surface area contributed by atoms with Crippen molar-refractivity contribution in [1.82, 2.24) is 0 Å². The lowest BCUT2D eigenvalue weighted by Crippen LogP contribution is -1.91. The van der Waals surface area contributed by atoms with Gasteiger partial charge in [0.2, 0.25) is 0 Å². The number of rotatable bonds is 3. The summed E-state index contributed by atoms with van der Waals surface area (Å²) >= 11 is 5.27. The molecule has 3 heteroatoms. The lowest BCUT2D eigenvalue weighted by Gasteiger charge is -1.97. The van der Waals surface area contributed by atoms with E-state index in [4.69, 9.17) is 0 Å². The average molecular weight is 198 g/mol. The summed E-state index contributed by atoms with van der Waals surface area (Å²) in [5.41, 5.74) is 0. The second-order valence-corrected chi connectivity index (χ2v) is 3.84. The average Bonchev–Trinajstić information content (AvgIpc) is 2.06. The Labute approximate surface area is 82.0 Å². The van der Waals surface area contributed by atoms with Crippen LogP contribution in [0.5, 0.6) is 0 Å². The van der Waals surface area contributed by atoms with Crippen LogP contribution in [0.25, 0.3) is 0 Å². The van der Waals surface area contributed by atoms with Gasteiger partial charge in [-0.25, -0.2) is 0 Å². The second-order valence-electron chi connectivity index (χ2n) is 2.26. The maximum Gasteiger partial charge on any atom is 0.194 e. The highest BCUT2D eigenvalue weighted by molar-refractivity contribution is 8.13. The van der Waals surface area contributed by atoms with Crippen LogP contribution >= 0.6 is 24.4 Å². The minimum atomic E-state index is 0.177. The molecule has 1 aromatic rings. The highest BCUT2D eigenvalue weighted by Gasteiger charge is 2.01. The molecule has 0 atom stereocenters. The molecule has 0 aliphatic rings. The number of thioether (sulfide) groups is 1. The highest BCUT2D eigenvalue weighted by atomic mass is 32.2. The SMILES string of the molecule is O=C(CCS)Sc1ccccc1. The van der Waals surface area contributed by atoms with E-state index in [2.05, 4.69) is 12.6 Å². The first kappa shape index (κ1) is 9.68. The molecule has 0 aromatic heterocycles. The van der Waals surface area contributed by atoms with E-state index >= 15 is 0 Å². The summed E-state index contributed by atoms with van der Waals surface area (Å²) in [5, 5.41) is 0.177. The van der Waals surface area contributed by atoms with Gasteiger partial charge >= 0.3 is 0 Å². The van der Waals surface area contributed by atoms with Crippen molar-refractivity contribution >= 4 is 29.5 Å². The van der Waals surface area contributed by atoms with E-state index in [0.717, 1.165) is 4.90 Å². The third-order valence-corrected chi connectivity index (χ3v) is 2.45. The molecular weight excluding hydrogens is 188 g/mol. The van der Waals surface area contributed by atoms with E-state index in [-0.39, 0.29) is 5.12 Å². The van der Waals surface area contributed by atoms with Crippen LogP contribution in [0, 0.1) is 0 Å². The third kappa shape index (κ3) is 3.32. The van der Waals surface area contributed by atoms with Crippen molar-refractivity contribution < 1.29 is 4.79 Å². The fraction of sp³-hybridized carbons (Fsp3) is 0.222. The Kier molecular flexibility index (Phi) is 4.25. The number of carbonyl (C=O) groups excluding carboxylic acids is 1. The summed E-state index contributed by atoms with van der Waals surface area (Å²) in [6.45, 7) is 0. The fourth-order valence-electron chi connectivity index (χ4n) is 0.762. The molecule has 0 bridgehead atoms. The van der Waals surface area contributed by atoms with Gasteiger partial charge in [0, 0.05) is 11.3 Å². The van der Waals surface area contributed by atoms with Gasteiger partial charge in [0.05, 0.1) is 0 Å². The van der Waals surface area contributed by atoms with Crippen molar-refractivity contribution in [3.63, 3.8) is 0 Å². The van der Waals surface area contributed by atoms with Crippen LogP contribution in [-0.4, -0.2) is 10.9 Å². The number of hydrogen-bond acceptors (Lipinski definition) is 3. The van der Waals surface area contributed by atoms with Gasteiger partial charge in [0.25, 0.3) is 0 Å². The maximum atomic E-state index is 11.1. The molecule has 0 spiro atoms. The van der Waals surface area contributed by atoms with Crippen molar-refractivity contribution in [2.24, 2.45) is 0 Å². The van der Waals surface area contributed by atoms with Crippen molar-refractivity contribution in [3.05, 3.63) is 30.3 Å². The van der Waals surface area contributed by atoms with Crippen LogP contribution < -0.4 is 0 Å². The topological polar surface area (TPSA) is 17.1 Å². The molecule has 0 saturated heterocycles. The molecule has 0 fully saturated rings. The summed E-state index contributed by atoms with van der Waals surface area (Å²) in [6.07, 6.45) is 0.530. The van der Waals surface area contributed by atoms with Crippen molar-refractivity contribution in [2.75, 3.05) is 5.75 Å². The molecule has 1 nitrogen and oxygen atoms in total. The van der Waals surface area contributed by atoms with Gasteiger partial charge in [-0.15, -0.1) is 0 Å². The Morgan fingerprint density at radius 2 is 2.00 bits per heavy atom. The van der Waals surface area contributed by atoms with E-state index < -0.39 is 0 Å². The Morgan fingerprint density at radius 1 is 1.33 bits per heavy atom. The largest absolute Gasteiger partial charge is 0.287 e. The number of hydrogen-bond donors (Lipinski definition) is 1. The van der Waals surface area contributed by atoms with Crippen LogP contribution in [0.2, 0.25) is 0 Å². The van der Waals surface area contributed by atoms with Gasteiger partial charge in [0.15, 0.2) is 5.12 Å². The lowest BCUT2D eigenvalue weighted by atomic mass is 10.4. The Hall–Kier alpha value is -0.410. The minimum absolute atomic E-state index is 0.177. The zero-order valence-electron chi connectivity index (χ0n) is 6.56. The molecular formula is C9H10OS2. The Balaban J connectivity index is 2.47. The summed E-state index contributed by atoms with van der Waals surface area (Å²) in [5.74, 6) is 0.624. The molecule has 0 amide bonds. The van der Waals surface area contributed by atoms with Crippen molar-refractivity contribution in [1.29, 1.82) is 0 Å². The fourth-order valence-corrected chi connectivity index (χ4v) is 1.88. The summed E-state index contributed by atoms with van der Waals surface area (Å²) < 4.78 is 0. The maximum absolute atomic E-state index is 11.1. The minimum Gasteiger partial charge on any atom is -0.287 e. The molecule has 1 aromatic carbocycles. The predicted octanol–water partition coefficient (Wildman–Crippen LogP) is 2.63. The molecule has 0 unspecified atom stereocenters. The van der Waals surface area contributed by atoms with Crippen LogP contribution in [0.15, 0.2) is 35.2 Å². The second kappa shape index (κ2) is 5.27. The first-order chi connectivity index (χ1) is 5.83. The van der Waals surface area contributed by atoms with Gasteiger partial charge in [-0.1, -0.05) is 30.0 Å². The van der Waals surface area contributed by atoms with E-state index in [1.807, 2.05) is 30.3 Å². The monoisotopic (exact) mass is 198 g/mol. The Bertz CT molecular complexity index is 246. The standard InChI is InChI=1S/C9H10OS2/c10-9(6-7-11)12-8-4-2-1-3-5-8/h1-5,11H,6-7H2. The van der Waals surface area contributed by atoms with E-state index in [1.54, 1.807) is 0 Å². The van der Waals surface area contributed by atoms with E-state index in [0.29, 0.717) is 12.2 Å². The van der Waals surface area contributed by atoms with E-state index in [1.165, 1.54) is 11.8 Å². The molecule has 0 aliphatic carbocycles. The predicted molar refractivity (Wildman–Crippen MR) is 55.8 cm³/mol. The van der Waals surface area contributed by atoms with Crippen LogP contribution in [0.4, 0.5) is 0 Å². The van der Waals surface area contributed by atoms with Crippen LogP contribution in [0.3, 0.4) is 0 Å². The zero-order valence-corrected chi connectivity index (χ0v) is 8.28. The van der Waals surface area contributed by atoms with Gasteiger partial charge < -0.3 is 0 Å². The lowest BCUT2D eigenvalue weighted by molar-refractivity contribution is -0.110. The molecule has 0 aliphatic heterocycles. The van der Waals surface area contributed by atoms with Crippen molar-refractivity contribution in [3.8, 4) is 0 Å². The first-order valence-corrected chi connectivity index (χ1v) is 5.14. The zero-order chi connectivity index (χ0) is 8.81. The smallest absolute Gasteiger partial charge is 0.194 e. The molecule has 0 N–H and O–H groups in total.